The summed E-state index contributed by atoms with van der Waals surface area (Å²) in [5.74, 6) is 0.766. The Hall–Kier alpha value is -3.51. The molecule has 0 saturated carbocycles. The maximum Gasteiger partial charge on any atom is 0.322 e. The predicted molar refractivity (Wildman–Crippen MR) is 141 cm³/mol. The van der Waals surface area contributed by atoms with E-state index in [1.807, 2.05) is 40.5 Å². The normalized spacial score (nSPS) is 16.6. The Kier molecular flexibility index (Phi) is 5.61. The van der Waals surface area contributed by atoms with E-state index in [-0.39, 0.29) is 12.1 Å². The largest absolute Gasteiger partial charge is 0.497 e. The Morgan fingerprint density at radius 1 is 1.03 bits per heavy atom. The van der Waals surface area contributed by atoms with Crippen LogP contribution < -0.4 is 10.1 Å². The Morgan fingerprint density at radius 2 is 1.86 bits per heavy atom. The smallest absolute Gasteiger partial charge is 0.322 e. The Morgan fingerprint density at radius 3 is 2.66 bits per heavy atom. The molecular weight excluding hydrogens is 454 g/mol. The molecule has 0 radical (unpaired) electrons. The number of benzene rings is 2. The van der Waals surface area contributed by atoms with Gasteiger partial charge in [-0.25, -0.2) is 4.79 Å². The Bertz CT molecular complexity index is 1390. The number of urea groups is 1. The fourth-order valence-corrected chi connectivity index (χ4v) is 6.85. The van der Waals surface area contributed by atoms with Gasteiger partial charge in [0.1, 0.15) is 10.8 Å². The molecule has 0 bridgehead atoms. The molecule has 2 amide bonds. The van der Waals surface area contributed by atoms with Crippen LogP contribution in [0.25, 0.3) is 5.00 Å². The number of thiophene rings is 1. The molecule has 2 aromatic heterocycles. The predicted octanol–water partition coefficient (Wildman–Crippen LogP) is 6.87. The van der Waals surface area contributed by atoms with Crippen molar-refractivity contribution >= 4 is 23.1 Å². The van der Waals surface area contributed by atoms with Gasteiger partial charge in [-0.1, -0.05) is 29.8 Å². The average molecular weight is 484 g/mol. The van der Waals surface area contributed by atoms with Gasteiger partial charge in [0.05, 0.1) is 25.4 Å². The van der Waals surface area contributed by atoms with Crippen molar-refractivity contribution in [1.29, 1.82) is 0 Å². The number of amides is 2. The quantitative estimate of drug-likeness (QED) is 0.346. The lowest BCUT2D eigenvalue weighted by Crippen LogP contribution is -2.38. The van der Waals surface area contributed by atoms with Gasteiger partial charge in [-0.15, -0.1) is 11.3 Å². The monoisotopic (exact) mass is 483 g/mol. The molecule has 1 aliphatic heterocycles. The van der Waals surface area contributed by atoms with E-state index in [1.54, 1.807) is 7.11 Å². The van der Waals surface area contributed by atoms with Crippen LogP contribution in [-0.4, -0.2) is 22.6 Å². The zero-order valence-corrected chi connectivity index (χ0v) is 20.9. The summed E-state index contributed by atoms with van der Waals surface area (Å²) >= 11 is 1.91. The Balaban J connectivity index is 1.47. The van der Waals surface area contributed by atoms with Crippen LogP contribution in [0.2, 0.25) is 0 Å². The van der Waals surface area contributed by atoms with Crippen LogP contribution in [0.1, 0.15) is 51.7 Å². The number of ether oxygens (including phenoxy) is 1. The van der Waals surface area contributed by atoms with Crippen molar-refractivity contribution in [2.45, 2.75) is 45.2 Å². The SMILES string of the molecule is COc1ccc(NC(=O)N2Cc3c(sc4c3CCCC4)-n3cccc3[C@@H]2c2cccc(C)c2)cc1. The molecule has 1 aliphatic carbocycles. The highest BCUT2D eigenvalue weighted by molar-refractivity contribution is 7.15. The van der Waals surface area contributed by atoms with Gasteiger partial charge in [-0.05, 0) is 80.1 Å². The van der Waals surface area contributed by atoms with E-state index in [0.29, 0.717) is 6.54 Å². The molecule has 1 N–H and O–H groups in total. The van der Waals surface area contributed by atoms with Crippen molar-refractivity contribution in [2.75, 3.05) is 12.4 Å². The first-order valence-electron chi connectivity index (χ1n) is 12.2. The van der Waals surface area contributed by atoms with Crippen molar-refractivity contribution in [3.63, 3.8) is 0 Å². The number of rotatable bonds is 3. The number of carbonyl (C=O) groups excluding carboxylic acids is 1. The van der Waals surface area contributed by atoms with Gasteiger partial charge in [-0.3, -0.25) is 0 Å². The van der Waals surface area contributed by atoms with Crippen LogP contribution in [-0.2, 0) is 19.4 Å². The lowest BCUT2D eigenvalue weighted by atomic mass is 9.95. The third kappa shape index (κ3) is 3.92. The van der Waals surface area contributed by atoms with Gasteiger partial charge >= 0.3 is 6.03 Å². The van der Waals surface area contributed by atoms with Crippen LogP contribution in [0.4, 0.5) is 10.5 Å². The summed E-state index contributed by atoms with van der Waals surface area (Å²) in [6, 6.07) is 20.0. The lowest BCUT2D eigenvalue weighted by molar-refractivity contribution is 0.194. The van der Waals surface area contributed by atoms with Crippen LogP contribution in [0.3, 0.4) is 0 Å². The fourth-order valence-electron chi connectivity index (χ4n) is 5.45. The molecule has 3 heterocycles. The number of aromatic nitrogens is 1. The van der Waals surface area contributed by atoms with Gasteiger partial charge in [0.25, 0.3) is 0 Å². The van der Waals surface area contributed by atoms with E-state index in [1.165, 1.54) is 39.4 Å². The molecule has 0 spiro atoms. The molecule has 4 aromatic rings. The summed E-state index contributed by atoms with van der Waals surface area (Å²) in [6.45, 7) is 2.69. The molecule has 0 fully saturated rings. The van der Waals surface area contributed by atoms with E-state index < -0.39 is 0 Å². The summed E-state index contributed by atoms with van der Waals surface area (Å²) in [6.07, 6.45) is 6.86. The third-order valence-electron chi connectivity index (χ3n) is 7.14. The van der Waals surface area contributed by atoms with Gasteiger partial charge in [0.2, 0.25) is 0 Å². The molecular formula is C29H29N3O2S. The van der Waals surface area contributed by atoms with E-state index >= 15 is 0 Å². The first-order chi connectivity index (χ1) is 17.1. The zero-order valence-electron chi connectivity index (χ0n) is 20.1. The molecule has 5 nitrogen and oxygen atoms in total. The second-order valence-electron chi connectivity index (χ2n) is 9.40. The Labute approximate surface area is 210 Å². The molecule has 35 heavy (non-hydrogen) atoms. The third-order valence-corrected chi connectivity index (χ3v) is 8.47. The molecule has 0 unspecified atom stereocenters. The van der Waals surface area contributed by atoms with Crippen molar-refractivity contribution in [3.05, 3.63) is 99.7 Å². The van der Waals surface area contributed by atoms with Crippen molar-refractivity contribution in [1.82, 2.24) is 9.47 Å². The van der Waals surface area contributed by atoms with Gasteiger partial charge in [0.15, 0.2) is 0 Å². The standard InChI is InChI=1S/C29H29N3O2S/c1-19-7-5-8-20(17-19)27-25-10-6-16-31(25)28-24(23-9-3-4-11-26(23)35-28)18-32(27)29(33)30-21-12-14-22(34-2)15-13-21/h5-8,10,12-17,27H,3-4,9,11,18H2,1-2H3,(H,30,33)/t27-/m0/s1. The average Bonchev–Trinajstić information content (AvgIpc) is 3.46. The van der Waals surface area contributed by atoms with Crippen LogP contribution >= 0.6 is 11.3 Å². The van der Waals surface area contributed by atoms with E-state index in [9.17, 15) is 4.79 Å². The molecule has 6 heteroatoms. The van der Waals surface area contributed by atoms with Crippen molar-refractivity contribution in [3.8, 4) is 10.8 Å². The lowest BCUT2D eigenvalue weighted by Gasteiger charge is -2.31. The number of methoxy groups -OCH3 is 1. The second-order valence-corrected chi connectivity index (χ2v) is 10.5. The van der Waals surface area contributed by atoms with Crippen LogP contribution in [0.5, 0.6) is 5.75 Å². The summed E-state index contributed by atoms with van der Waals surface area (Å²) in [7, 11) is 1.64. The summed E-state index contributed by atoms with van der Waals surface area (Å²) in [4.78, 5) is 17.5. The number of hydrogen-bond donors (Lipinski definition) is 1. The minimum absolute atomic E-state index is 0.0990. The molecule has 178 valence electrons. The molecule has 1 atom stereocenters. The van der Waals surface area contributed by atoms with Crippen molar-refractivity contribution in [2.24, 2.45) is 0 Å². The molecule has 2 aromatic carbocycles. The first kappa shape index (κ1) is 22.0. The number of fused-ring (bicyclic) bond motifs is 5. The maximum atomic E-state index is 14.0. The molecule has 2 aliphatic rings. The second kappa shape index (κ2) is 8.93. The number of nitrogens with zero attached hydrogens (tertiary/aromatic N) is 2. The maximum absolute atomic E-state index is 14.0. The topological polar surface area (TPSA) is 46.5 Å². The van der Waals surface area contributed by atoms with E-state index in [0.717, 1.165) is 35.5 Å². The number of nitrogens with one attached hydrogen (secondary N) is 1. The summed E-state index contributed by atoms with van der Waals surface area (Å²) in [5.41, 5.74) is 6.96. The van der Waals surface area contributed by atoms with Crippen LogP contribution in [0, 0.1) is 6.92 Å². The summed E-state index contributed by atoms with van der Waals surface area (Å²) < 4.78 is 7.61. The van der Waals surface area contributed by atoms with Crippen molar-refractivity contribution < 1.29 is 9.53 Å². The highest BCUT2D eigenvalue weighted by Crippen LogP contribution is 2.44. The number of carbonyl (C=O) groups is 1. The highest BCUT2D eigenvalue weighted by atomic mass is 32.1. The molecule has 0 saturated heterocycles. The summed E-state index contributed by atoms with van der Waals surface area (Å²) in [5, 5.41) is 4.43. The molecule has 6 rings (SSSR count). The number of anilines is 1. The van der Waals surface area contributed by atoms with Gasteiger partial charge in [0, 0.05) is 22.3 Å². The van der Waals surface area contributed by atoms with Crippen LogP contribution in [0.15, 0.2) is 66.9 Å². The van der Waals surface area contributed by atoms with E-state index in [2.05, 4.69) is 59.4 Å². The minimum atomic E-state index is -0.193. The van der Waals surface area contributed by atoms with E-state index in [4.69, 9.17) is 4.74 Å². The zero-order chi connectivity index (χ0) is 23.9. The number of hydrogen-bond acceptors (Lipinski definition) is 3. The minimum Gasteiger partial charge on any atom is -0.497 e. The van der Waals surface area contributed by atoms with Gasteiger partial charge < -0.3 is 19.5 Å². The first-order valence-corrected chi connectivity index (χ1v) is 13.0. The number of aryl methyl sites for hydroxylation is 2. The fraction of sp³-hybridized carbons (Fsp3) is 0.276. The van der Waals surface area contributed by atoms with Gasteiger partial charge in [-0.2, -0.15) is 0 Å². The highest BCUT2D eigenvalue weighted by Gasteiger charge is 2.36.